The molecule has 3 unspecified atom stereocenters. The number of nitrogens with one attached hydrogen (secondary N) is 1. The van der Waals surface area contributed by atoms with Gasteiger partial charge in [0.05, 0.1) is 12.5 Å². The van der Waals surface area contributed by atoms with Crippen molar-refractivity contribution in [3.05, 3.63) is 34.9 Å². The maximum atomic E-state index is 12.8. The van der Waals surface area contributed by atoms with E-state index in [0.717, 1.165) is 31.4 Å². The fourth-order valence-electron chi connectivity index (χ4n) is 3.30. The van der Waals surface area contributed by atoms with Gasteiger partial charge in [0.1, 0.15) is 0 Å². The highest BCUT2D eigenvalue weighted by atomic mass is 35.5. The van der Waals surface area contributed by atoms with Crippen LogP contribution >= 0.6 is 24.0 Å². The first-order chi connectivity index (χ1) is 11.4. The van der Waals surface area contributed by atoms with Crippen molar-refractivity contribution < 1.29 is 9.59 Å². The second-order valence-electron chi connectivity index (χ2n) is 6.52. The number of amides is 2. The molecule has 1 saturated heterocycles. The highest BCUT2D eigenvalue weighted by Crippen LogP contribution is 2.24. The van der Waals surface area contributed by atoms with E-state index in [4.69, 9.17) is 17.3 Å². The standard InChI is InChI=1S/C18H26ClN3O2.ClH/c1-12(20)17-5-3-4-10-22(17)18(24)11-16(21-13(2)23)14-6-8-15(19)9-7-14;/h6-9,12,16-17H,3-5,10-11,20H2,1-2H3,(H,21,23);1H. The van der Waals surface area contributed by atoms with Crippen LogP contribution in [0.25, 0.3) is 0 Å². The Morgan fingerprint density at radius 2 is 1.96 bits per heavy atom. The number of likely N-dealkylation sites (tertiary alicyclic amines) is 1. The number of hydrogen-bond donors (Lipinski definition) is 2. The van der Waals surface area contributed by atoms with E-state index in [2.05, 4.69) is 5.32 Å². The molecule has 2 amide bonds. The Balaban J connectivity index is 0.00000312. The predicted octanol–water partition coefficient (Wildman–Crippen LogP) is 3.06. The van der Waals surface area contributed by atoms with E-state index in [0.29, 0.717) is 5.02 Å². The van der Waals surface area contributed by atoms with Gasteiger partial charge in [-0.1, -0.05) is 23.7 Å². The van der Waals surface area contributed by atoms with Crippen LogP contribution in [0.2, 0.25) is 5.02 Å². The van der Waals surface area contributed by atoms with Gasteiger partial charge in [0.2, 0.25) is 11.8 Å². The molecule has 0 bridgehead atoms. The molecule has 3 N–H and O–H groups in total. The van der Waals surface area contributed by atoms with Crippen LogP contribution in [0.4, 0.5) is 0 Å². The fraction of sp³-hybridized carbons (Fsp3) is 0.556. The lowest BCUT2D eigenvalue weighted by atomic mass is 9.95. The molecule has 140 valence electrons. The van der Waals surface area contributed by atoms with Gasteiger partial charge in [0.25, 0.3) is 0 Å². The number of piperidine rings is 1. The third-order valence-electron chi connectivity index (χ3n) is 4.51. The monoisotopic (exact) mass is 387 g/mol. The molecule has 2 rings (SSSR count). The van der Waals surface area contributed by atoms with E-state index in [-0.39, 0.29) is 48.8 Å². The highest BCUT2D eigenvalue weighted by molar-refractivity contribution is 6.30. The Kier molecular flexibility index (Phi) is 8.69. The minimum absolute atomic E-state index is 0. The highest BCUT2D eigenvalue weighted by Gasteiger charge is 2.30. The van der Waals surface area contributed by atoms with E-state index in [1.165, 1.54) is 6.92 Å². The van der Waals surface area contributed by atoms with Crippen LogP contribution in [0.1, 0.15) is 51.1 Å². The minimum Gasteiger partial charge on any atom is -0.349 e. The summed E-state index contributed by atoms with van der Waals surface area (Å²) in [5.41, 5.74) is 6.93. The lowest BCUT2D eigenvalue weighted by Crippen LogP contribution is -2.52. The first-order valence-corrected chi connectivity index (χ1v) is 8.84. The van der Waals surface area contributed by atoms with Crippen molar-refractivity contribution in [3.8, 4) is 0 Å². The Morgan fingerprint density at radius 1 is 1.32 bits per heavy atom. The molecule has 1 aliphatic heterocycles. The van der Waals surface area contributed by atoms with Crippen LogP contribution < -0.4 is 11.1 Å². The zero-order valence-corrected chi connectivity index (χ0v) is 16.3. The smallest absolute Gasteiger partial charge is 0.225 e. The van der Waals surface area contributed by atoms with Crippen molar-refractivity contribution in [3.63, 3.8) is 0 Å². The summed E-state index contributed by atoms with van der Waals surface area (Å²) in [7, 11) is 0. The Bertz CT molecular complexity index is 578. The maximum Gasteiger partial charge on any atom is 0.225 e. The fourth-order valence-corrected chi connectivity index (χ4v) is 3.42. The first-order valence-electron chi connectivity index (χ1n) is 8.46. The first kappa shape index (κ1) is 21.7. The topological polar surface area (TPSA) is 75.4 Å². The van der Waals surface area contributed by atoms with Crippen LogP contribution in [0.15, 0.2) is 24.3 Å². The van der Waals surface area contributed by atoms with Gasteiger partial charge in [-0.05, 0) is 43.9 Å². The number of carbonyl (C=O) groups excluding carboxylic acids is 2. The predicted molar refractivity (Wildman–Crippen MR) is 103 cm³/mol. The number of carbonyl (C=O) groups is 2. The molecule has 1 aromatic carbocycles. The molecule has 1 aliphatic rings. The summed E-state index contributed by atoms with van der Waals surface area (Å²) in [5, 5.41) is 3.49. The largest absolute Gasteiger partial charge is 0.349 e. The third kappa shape index (κ3) is 6.17. The number of rotatable bonds is 5. The molecule has 0 aromatic heterocycles. The average molecular weight is 388 g/mol. The summed E-state index contributed by atoms with van der Waals surface area (Å²) in [6.45, 7) is 4.14. The minimum atomic E-state index is -0.358. The van der Waals surface area contributed by atoms with Crippen molar-refractivity contribution in [2.24, 2.45) is 5.73 Å². The van der Waals surface area contributed by atoms with Crippen molar-refractivity contribution >= 4 is 35.8 Å². The normalized spacial score (nSPS) is 19.5. The molecule has 3 atom stereocenters. The van der Waals surface area contributed by atoms with Crippen LogP contribution in [0.3, 0.4) is 0 Å². The quantitative estimate of drug-likeness (QED) is 0.814. The SMILES string of the molecule is CC(=O)NC(CC(=O)N1CCCCC1C(C)N)c1ccc(Cl)cc1.Cl. The van der Waals surface area contributed by atoms with Gasteiger partial charge >= 0.3 is 0 Å². The summed E-state index contributed by atoms with van der Waals surface area (Å²) < 4.78 is 0. The van der Waals surface area contributed by atoms with Gasteiger partial charge in [-0.3, -0.25) is 9.59 Å². The molecule has 0 spiro atoms. The zero-order chi connectivity index (χ0) is 17.7. The van der Waals surface area contributed by atoms with E-state index < -0.39 is 0 Å². The van der Waals surface area contributed by atoms with Crippen molar-refractivity contribution in [1.29, 1.82) is 0 Å². The van der Waals surface area contributed by atoms with Gasteiger partial charge in [0, 0.05) is 30.6 Å². The summed E-state index contributed by atoms with van der Waals surface area (Å²) >= 11 is 5.93. The van der Waals surface area contributed by atoms with Gasteiger partial charge in [-0.25, -0.2) is 0 Å². The Morgan fingerprint density at radius 3 is 2.52 bits per heavy atom. The molecule has 1 heterocycles. The summed E-state index contributed by atoms with van der Waals surface area (Å²) in [6, 6.07) is 6.88. The summed E-state index contributed by atoms with van der Waals surface area (Å²) in [4.78, 5) is 26.3. The number of benzene rings is 1. The lowest BCUT2D eigenvalue weighted by molar-refractivity contribution is -0.136. The molecule has 1 fully saturated rings. The summed E-state index contributed by atoms with van der Waals surface area (Å²) in [5.74, 6) is -0.129. The molecule has 5 nitrogen and oxygen atoms in total. The average Bonchev–Trinajstić information content (AvgIpc) is 2.54. The molecule has 25 heavy (non-hydrogen) atoms. The van der Waals surface area contributed by atoms with Crippen molar-refractivity contribution in [2.75, 3.05) is 6.54 Å². The molecule has 0 saturated carbocycles. The number of nitrogens with zero attached hydrogens (tertiary/aromatic N) is 1. The number of hydrogen-bond acceptors (Lipinski definition) is 3. The van der Waals surface area contributed by atoms with E-state index in [1.807, 2.05) is 24.0 Å². The molecular formula is C18H27Cl2N3O2. The van der Waals surface area contributed by atoms with Crippen LogP contribution in [-0.2, 0) is 9.59 Å². The van der Waals surface area contributed by atoms with Gasteiger partial charge in [-0.2, -0.15) is 0 Å². The molecule has 1 aromatic rings. The Labute approximate surface area is 160 Å². The molecule has 0 aliphatic carbocycles. The molecular weight excluding hydrogens is 361 g/mol. The van der Waals surface area contributed by atoms with Crippen LogP contribution in [0, 0.1) is 0 Å². The Hall–Kier alpha value is -1.30. The number of nitrogens with two attached hydrogens (primary N) is 1. The van der Waals surface area contributed by atoms with Gasteiger partial charge in [0.15, 0.2) is 0 Å². The van der Waals surface area contributed by atoms with E-state index in [9.17, 15) is 9.59 Å². The van der Waals surface area contributed by atoms with Gasteiger partial charge in [-0.15, -0.1) is 12.4 Å². The van der Waals surface area contributed by atoms with Crippen LogP contribution in [-0.4, -0.2) is 35.3 Å². The van der Waals surface area contributed by atoms with E-state index in [1.54, 1.807) is 12.1 Å². The van der Waals surface area contributed by atoms with Crippen molar-refractivity contribution in [1.82, 2.24) is 10.2 Å². The maximum absolute atomic E-state index is 12.8. The second-order valence-corrected chi connectivity index (χ2v) is 6.95. The summed E-state index contributed by atoms with van der Waals surface area (Å²) in [6.07, 6.45) is 3.27. The van der Waals surface area contributed by atoms with Crippen molar-refractivity contribution in [2.45, 2.75) is 57.7 Å². The lowest BCUT2D eigenvalue weighted by Gasteiger charge is -2.38. The third-order valence-corrected chi connectivity index (χ3v) is 4.76. The van der Waals surface area contributed by atoms with E-state index >= 15 is 0 Å². The zero-order valence-electron chi connectivity index (χ0n) is 14.7. The number of halogens is 2. The van der Waals surface area contributed by atoms with Gasteiger partial charge < -0.3 is 16.0 Å². The second kappa shape index (κ2) is 10.00. The van der Waals surface area contributed by atoms with Crippen LogP contribution in [0.5, 0.6) is 0 Å². The molecule has 0 radical (unpaired) electrons. The molecule has 7 heteroatoms.